The molecule has 3 N–H and O–H groups in total. The monoisotopic (exact) mass is 286 g/mol. The standard InChI is InChI=1S/C12H18N2O4S/c1-9(2)14-19(17,18)13-8-7-10-5-3-4-6-11(10)12(15)16/h3-6,9,13-14H,7-8H2,1-2H3,(H,15,16). The van der Waals surface area contributed by atoms with Gasteiger partial charge in [0.15, 0.2) is 0 Å². The molecule has 0 spiro atoms. The maximum absolute atomic E-state index is 11.5. The molecule has 0 atom stereocenters. The number of carboxylic acids is 1. The molecule has 0 radical (unpaired) electrons. The topological polar surface area (TPSA) is 95.5 Å². The molecule has 1 rings (SSSR count). The van der Waals surface area contributed by atoms with Gasteiger partial charge in [-0.1, -0.05) is 18.2 Å². The van der Waals surface area contributed by atoms with E-state index in [1.807, 2.05) is 0 Å². The Bertz CT molecular complexity index is 540. The minimum Gasteiger partial charge on any atom is -0.478 e. The second kappa shape index (κ2) is 6.65. The molecule has 0 saturated heterocycles. The molecular weight excluding hydrogens is 268 g/mol. The van der Waals surface area contributed by atoms with Crippen molar-refractivity contribution in [1.82, 2.24) is 9.44 Å². The van der Waals surface area contributed by atoms with E-state index in [1.54, 1.807) is 32.0 Å². The molecule has 1 aromatic rings. The molecule has 0 aliphatic rings. The summed E-state index contributed by atoms with van der Waals surface area (Å²) in [5.41, 5.74) is 0.792. The zero-order valence-electron chi connectivity index (χ0n) is 10.9. The van der Waals surface area contributed by atoms with E-state index < -0.39 is 16.2 Å². The number of carbonyl (C=O) groups is 1. The van der Waals surface area contributed by atoms with Crippen molar-refractivity contribution >= 4 is 16.2 Å². The SMILES string of the molecule is CC(C)NS(=O)(=O)NCCc1ccccc1C(=O)O. The quantitative estimate of drug-likeness (QED) is 0.689. The molecule has 0 heterocycles. The van der Waals surface area contributed by atoms with Gasteiger partial charge < -0.3 is 5.11 Å². The molecule has 0 fully saturated rings. The summed E-state index contributed by atoms with van der Waals surface area (Å²) in [4.78, 5) is 11.0. The summed E-state index contributed by atoms with van der Waals surface area (Å²) in [5.74, 6) is -1.02. The summed E-state index contributed by atoms with van der Waals surface area (Å²) in [6, 6.07) is 6.34. The van der Waals surface area contributed by atoms with Crippen molar-refractivity contribution in [1.29, 1.82) is 0 Å². The summed E-state index contributed by atoms with van der Waals surface area (Å²) in [7, 11) is -3.53. The molecule has 0 bridgehead atoms. The van der Waals surface area contributed by atoms with Crippen LogP contribution in [-0.2, 0) is 16.6 Å². The normalized spacial score (nSPS) is 11.7. The Morgan fingerprint density at radius 1 is 1.32 bits per heavy atom. The molecule has 106 valence electrons. The zero-order chi connectivity index (χ0) is 14.5. The van der Waals surface area contributed by atoms with Crippen LogP contribution in [0.5, 0.6) is 0 Å². The van der Waals surface area contributed by atoms with Crippen LogP contribution in [0.15, 0.2) is 24.3 Å². The van der Waals surface area contributed by atoms with Crippen LogP contribution in [0, 0.1) is 0 Å². The Morgan fingerprint density at radius 2 is 1.95 bits per heavy atom. The summed E-state index contributed by atoms with van der Waals surface area (Å²) < 4.78 is 27.8. The third-order valence-electron chi connectivity index (χ3n) is 2.33. The highest BCUT2D eigenvalue weighted by atomic mass is 32.2. The fraction of sp³-hybridized carbons (Fsp3) is 0.417. The van der Waals surface area contributed by atoms with Crippen LogP contribution in [0.1, 0.15) is 29.8 Å². The van der Waals surface area contributed by atoms with Crippen molar-refractivity contribution in [2.45, 2.75) is 26.3 Å². The predicted molar refractivity (Wildman–Crippen MR) is 72.3 cm³/mol. The average molecular weight is 286 g/mol. The van der Waals surface area contributed by atoms with Crippen LogP contribution in [-0.4, -0.2) is 32.1 Å². The van der Waals surface area contributed by atoms with E-state index in [2.05, 4.69) is 9.44 Å². The largest absolute Gasteiger partial charge is 0.478 e. The lowest BCUT2D eigenvalue weighted by Crippen LogP contribution is -2.41. The van der Waals surface area contributed by atoms with Crippen molar-refractivity contribution in [3.8, 4) is 0 Å². The van der Waals surface area contributed by atoms with E-state index >= 15 is 0 Å². The van der Waals surface area contributed by atoms with Crippen LogP contribution in [0.2, 0.25) is 0 Å². The first-order chi connectivity index (χ1) is 8.82. The third kappa shape index (κ3) is 5.37. The Balaban J connectivity index is 2.61. The van der Waals surface area contributed by atoms with E-state index in [4.69, 9.17) is 5.11 Å². The molecule has 0 aliphatic carbocycles. The zero-order valence-corrected chi connectivity index (χ0v) is 11.7. The van der Waals surface area contributed by atoms with Gasteiger partial charge in [-0.15, -0.1) is 0 Å². The smallest absolute Gasteiger partial charge is 0.335 e. The van der Waals surface area contributed by atoms with E-state index in [9.17, 15) is 13.2 Å². The molecule has 1 aromatic carbocycles. The van der Waals surface area contributed by atoms with E-state index in [0.29, 0.717) is 12.0 Å². The lowest BCUT2D eigenvalue weighted by atomic mass is 10.1. The van der Waals surface area contributed by atoms with Crippen LogP contribution >= 0.6 is 0 Å². The maximum atomic E-state index is 11.5. The van der Waals surface area contributed by atoms with Gasteiger partial charge in [0.25, 0.3) is 10.2 Å². The third-order valence-corrected chi connectivity index (χ3v) is 3.69. The highest BCUT2D eigenvalue weighted by Crippen LogP contribution is 2.09. The van der Waals surface area contributed by atoms with E-state index in [-0.39, 0.29) is 18.2 Å². The minimum atomic E-state index is -3.53. The van der Waals surface area contributed by atoms with Gasteiger partial charge in [-0.3, -0.25) is 0 Å². The van der Waals surface area contributed by atoms with Crippen molar-refractivity contribution in [2.75, 3.05) is 6.54 Å². The van der Waals surface area contributed by atoms with Crippen molar-refractivity contribution in [3.05, 3.63) is 35.4 Å². The number of aromatic carboxylic acids is 1. The van der Waals surface area contributed by atoms with Gasteiger partial charge in [0.1, 0.15) is 0 Å². The Morgan fingerprint density at radius 3 is 2.53 bits per heavy atom. The maximum Gasteiger partial charge on any atom is 0.335 e. The van der Waals surface area contributed by atoms with Gasteiger partial charge in [0.2, 0.25) is 0 Å². The molecule has 0 unspecified atom stereocenters. The number of hydrogen-bond acceptors (Lipinski definition) is 3. The lowest BCUT2D eigenvalue weighted by molar-refractivity contribution is 0.0695. The fourth-order valence-electron chi connectivity index (χ4n) is 1.62. The molecule has 0 amide bonds. The Hall–Kier alpha value is -1.44. The number of nitrogens with one attached hydrogen (secondary N) is 2. The second-order valence-corrected chi connectivity index (χ2v) is 5.91. The molecule has 6 nitrogen and oxygen atoms in total. The first-order valence-corrected chi connectivity index (χ1v) is 7.38. The number of carboxylic acid groups (broad SMARTS) is 1. The summed E-state index contributed by atoms with van der Waals surface area (Å²) in [6.07, 6.45) is 0.321. The lowest BCUT2D eigenvalue weighted by Gasteiger charge is -2.11. The molecule has 19 heavy (non-hydrogen) atoms. The second-order valence-electron chi connectivity index (χ2n) is 4.38. The summed E-state index contributed by atoms with van der Waals surface area (Å²) in [5, 5.41) is 8.99. The van der Waals surface area contributed by atoms with Gasteiger partial charge in [-0.25, -0.2) is 9.52 Å². The first-order valence-electron chi connectivity index (χ1n) is 5.90. The molecular formula is C12H18N2O4S. The predicted octanol–water partition coefficient (Wildman–Crippen LogP) is 0.760. The van der Waals surface area contributed by atoms with Gasteiger partial charge in [-0.05, 0) is 31.9 Å². The average Bonchev–Trinajstić information content (AvgIpc) is 2.27. The molecule has 0 saturated carbocycles. The molecule has 7 heteroatoms. The number of rotatable bonds is 7. The van der Waals surface area contributed by atoms with E-state index in [1.165, 1.54) is 6.07 Å². The Labute approximate surface area is 113 Å². The van der Waals surface area contributed by atoms with Gasteiger partial charge >= 0.3 is 5.97 Å². The molecule has 0 aromatic heterocycles. The fourth-order valence-corrected chi connectivity index (χ4v) is 2.69. The van der Waals surface area contributed by atoms with Gasteiger partial charge in [-0.2, -0.15) is 13.1 Å². The van der Waals surface area contributed by atoms with Crippen LogP contribution in [0.4, 0.5) is 0 Å². The number of benzene rings is 1. The summed E-state index contributed by atoms with van der Waals surface area (Å²) >= 11 is 0. The van der Waals surface area contributed by atoms with Gasteiger partial charge in [0, 0.05) is 12.6 Å². The van der Waals surface area contributed by atoms with Crippen LogP contribution < -0.4 is 9.44 Å². The Kier molecular flexibility index (Phi) is 5.46. The molecule has 0 aliphatic heterocycles. The highest BCUT2D eigenvalue weighted by Gasteiger charge is 2.12. The van der Waals surface area contributed by atoms with Crippen LogP contribution in [0.25, 0.3) is 0 Å². The van der Waals surface area contributed by atoms with E-state index in [0.717, 1.165) is 0 Å². The van der Waals surface area contributed by atoms with Crippen molar-refractivity contribution < 1.29 is 18.3 Å². The first kappa shape index (κ1) is 15.6. The van der Waals surface area contributed by atoms with Crippen LogP contribution in [0.3, 0.4) is 0 Å². The minimum absolute atomic E-state index is 0.145. The van der Waals surface area contributed by atoms with Crippen molar-refractivity contribution in [2.24, 2.45) is 0 Å². The number of hydrogen-bond donors (Lipinski definition) is 3. The van der Waals surface area contributed by atoms with Crippen molar-refractivity contribution in [3.63, 3.8) is 0 Å². The van der Waals surface area contributed by atoms with Gasteiger partial charge in [0.05, 0.1) is 5.56 Å². The summed E-state index contributed by atoms with van der Waals surface area (Å²) in [6.45, 7) is 3.59. The highest BCUT2D eigenvalue weighted by molar-refractivity contribution is 7.87.